The fourth-order valence-corrected chi connectivity index (χ4v) is 0.248. The van der Waals surface area contributed by atoms with Crippen molar-refractivity contribution in [3.63, 3.8) is 0 Å². The Hall–Kier alpha value is -1.50. The van der Waals surface area contributed by atoms with E-state index in [4.69, 9.17) is 0 Å². The van der Waals surface area contributed by atoms with Gasteiger partial charge >= 0.3 is 0 Å². The van der Waals surface area contributed by atoms with Crippen molar-refractivity contribution in [2.75, 3.05) is 0 Å². The Bertz CT molecular complexity index is 181. The van der Waals surface area contributed by atoms with E-state index in [1.54, 1.807) is 0 Å². The highest BCUT2D eigenvalue weighted by atomic mass is 16.4. The third-order valence-electron chi connectivity index (χ3n) is 0.528. The quantitative estimate of drug-likeness (QED) is 0.452. The van der Waals surface area contributed by atoms with Gasteiger partial charge in [-0.15, -0.1) is 10.2 Å². The van der Waals surface area contributed by atoms with Gasteiger partial charge in [0.05, 0.1) is 0 Å². The number of hydrogen-bond acceptors (Lipinski definition) is 5. The minimum atomic E-state index is -1.43. The van der Waals surface area contributed by atoms with Gasteiger partial charge in [0.2, 0.25) is 5.82 Å². The summed E-state index contributed by atoms with van der Waals surface area (Å²) in [6.07, 6.45) is 0. The summed E-state index contributed by atoms with van der Waals surface area (Å²) in [4.78, 5) is 9.77. The number of tetrazole rings is 1. The minimum Gasteiger partial charge on any atom is -0.541 e. The average Bonchev–Trinajstić information content (AvgIpc) is 2.12. The summed E-state index contributed by atoms with van der Waals surface area (Å²) in [7, 11) is 0. The fourth-order valence-electron chi connectivity index (χ4n) is 0.248. The standard InChI is InChI=1S/C2H2N4O2.H3N/c7-2(8)1-3-5-6-4-1;/h(H,7,8)(H,3,4,5,6);1H3. The van der Waals surface area contributed by atoms with E-state index in [1.807, 2.05) is 5.21 Å². The number of carbonyl (C=O) groups excluding carboxylic acids is 1. The van der Waals surface area contributed by atoms with Crippen LogP contribution in [-0.2, 0) is 0 Å². The number of carboxylic acids is 1. The maximum atomic E-state index is 9.77. The molecule has 7 nitrogen and oxygen atoms in total. The van der Waals surface area contributed by atoms with Crippen molar-refractivity contribution in [2.45, 2.75) is 0 Å². The van der Waals surface area contributed by atoms with Crippen LogP contribution in [-0.4, -0.2) is 26.6 Å². The molecule has 5 N–H and O–H groups in total. The van der Waals surface area contributed by atoms with Crippen molar-refractivity contribution in [3.8, 4) is 0 Å². The summed E-state index contributed by atoms with van der Waals surface area (Å²) in [5, 5.41) is 20.9. The molecule has 0 saturated carbocycles. The number of rotatable bonds is 1. The molecule has 0 atom stereocenters. The van der Waals surface area contributed by atoms with Crippen molar-refractivity contribution in [1.29, 1.82) is 0 Å². The molecule has 0 aliphatic heterocycles. The molecule has 1 heterocycles. The van der Waals surface area contributed by atoms with E-state index in [0.29, 0.717) is 0 Å². The first-order valence-electron chi connectivity index (χ1n) is 1.75. The van der Waals surface area contributed by atoms with Crippen LogP contribution in [0.15, 0.2) is 0 Å². The van der Waals surface area contributed by atoms with Crippen LogP contribution in [0.2, 0.25) is 0 Å². The molecule has 1 aromatic rings. The van der Waals surface area contributed by atoms with Crippen LogP contribution in [0.1, 0.15) is 10.6 Å². The first-order valence-corrected chi connectivity index (χ1v) is 1.75. The minimum absolute atomic E-state index is 0. The third-order valence-corrected chi connectivity index (χ3v) is 0.528. The molecule has 0 fully saturated rings. The molecule has 0 unspecified atom stereocenters. The Morgan fingerprint density at radius 1 is 1.67 bits per heavy atom. The van der Waals surface area contributed by atoms with E-state index in [-0.39, 0.29) is 6.15 Å². The highest BCUT2D eigenvalue weighted by Crippen LogP contribution is 1.74. The number of aromatic nitrogens is 4. The Labute approximate surface area is 49.7 Å². The summed E-state index contributed by atoms with van der Waals surface area (Å²) in [5.74, 6) is -1.86. The van der Waals surface area contributed by atoms with Crippen molar-refractivity contribution in [2.24, 2.45) is 0 Å². The molecule has 1 aromatic heterocycles. The van der Waals surface area contributed by atoms with Gasteiger partial charge in [-0.1, -0.05) is 0 Å². The van der Waals surface area contributed by atoms with Crippen LogP contribution in [0.5, 0.6) is 0 Å². The second-order valence-electron chi connectivity index (χ2n) is 1.02. The van der Waals surface area contributed by atoms with Crippen molar-refractivity contribution >= 4 is 5.97 Å². The summed E-state index contributed by atoms with van der Waals surface area (Å²) in [6.45, 7) is 0. The topological polar surface area (TPSA) is 131 Å². The molecule has 0 aromatic carbocycles. The number of nitrogens with zero attached hydrogens (tertiary/aromatic N) is 3. The SMILES string of the molecule is O=C([O-])c1nn[nH]n1.[NH4+]. The van der Waals surface area contributed by atoms with Gasteiger partial charge < -0.3 is 16.1 Å². The Morgan fingerprint density at radius 2 is 2.33 bits per heavy atom. The highest BCUT2D eigenvalue weighted by molar-refractivity contribution is 5.80. The van der Waals surface area contributed by atoms with Crippen LogP contribution in [0.3, 0.4) is 0 Å². The Morgan fingerprint density at radius 3 is 2.56 bits per heavy atom. The average molecular weight is 131 g/mol. The summed E-state index contributed by atoms with van der Waals surface area (Å²) < 4.78 is 0. The van der Waals surface area contributed by atoms with Crippen LogP contribution < -0.4 is 11.3 Å². The number of carbonyl (C=O) groups is 1. The van der Waals surface area contributed by atoms with Crippen LogP contribution in [0.4, 0.5) is 0 Å². The maximum Gasteiger partial charge on any atom is 0.220 e. The zero-order valence-corrected chi connectivity index (χ0v) is 4.66. The van der Waals surface area contributed by atoms with E-state index >= 15 is 0 Å². The van der Waals surface area contributed by atoms with E-state index in [0.717, 1.165) is 0 Å². The number of carboxylic acid groups (broad SMARTS) is 1. The molecule has 0 radical (unpaired) electrons. The molecule has 7 heteroatoms. The maximum absolute atomic E-state index is 9.77. The first-order chi connectivity index (χ1) is 3.80. The zero-order chi connectivity index (χ0) is 5.98. The Kier molecular flexibility index (Phi) is 2.27. The lowest BCUT2D eigenvalue weighted by Gasteiger charge is -1.86. The highest BCUT2D eigenvalue weighted by Gasteiger charge is 1.93. The van der Waals surface area contributed by atoms with Crippen LogP contribution in [0.25, 0.3) is 0 Å². The molecule has 0 saturated heterocycles. The lowest BCUT2D eigenvalue weighted by Crippen LogP contribution is -2.23. The van der Waals surface area contributed by atoms with Crippen molar-refractivity contribution in [3.05, 3.63) is 5.82 Å². The number of quaternary nitrogens is 1. The van der Waals surface area contributed by atoms with Gasteiger partial charge in [-0.05, 0) is 5.21 Å². The van der Waals surface area contributed by atoms with Crippen molar-refractivity contribution < 1.29 is 9.90 Å². The summed E-state index contributed by atoms with van der Waals surface area (Å²) >= 11 is 0. The van der Waals surface area contributed by atoms with Crippen molar-refractivity contribution in [1.82, 2.24) is 26.8 Å². The van der Waals surface area contributed by atoms with Gasteiger partial charge in [-0.2, -0.15) is 5.21 Å². The van der Waals surface area contributed by atoms with E-state index < -0.39 is 11.8 Å². The smallest absolute Gasteiger partial charge is 0.220 e. The van der Waals surface area contributed by atoms with Gasteiger partial charge in [0.25, 0.3) is 0 Å². The van der Waals surface area contributed by atoms with Gasteiger partial charge in [-0.25, -0.2) is 0 Å². The van der Waals surface area contributed by atoms with Gasteiger partial charge in [-0.3, -0.25) is 0 Å². The molecule has 0 aliphatic carbocycles. The number of H-pyrrole nitrogens is 1. The monoisotopic (exact) mass is 131 g/mol. The molecule has 0 aliphatic rings. The van der Waals surface area contributed by atoms with Gasteiger partial charge in [0.15, 0.2) is 0 Å². The lowest BCUT2D eigenvalue weighted by molar-refractivity contribution is -0.256. The van der Waals surface area contributed by atoms with Crippen LogP contribution in [0, 0.1) is 0 Å². The number of hydrogen-bond donors (Lipinski definition) is 2. The lowest BCUT2D eigenvalue weighted by atomic mass is 10.7. The second-order valence-corrected chi connectivity index (χ2v) is 1.02. The zero-order valence-electron chi connectivity index (χ0n) is 4.66. The molecule has 50 valence electrons. The molecular weight excluding hydrogens is 126 g/mol. The third kappa shape index (κ3) is 1.46. The molecular formula is C2H5N5O2. The normalized spacial score (nSPS) is 8.00. The number of nitrogens with one attached hydrogen (secondary N) is 1. The second kappa shape index (κ2) is 2.72. The molecule has 1 rings (SSSR count). The Balaban J connectivity index is 0.000000640. The van der Waals surface area contributed by atoms with Gasteiger partial charge in [0, 0.05) is 0 Å². The molecule has 0 spiro atoms. The molecule has 0 bridgehead atoms. The number of aromatic amines is 1. The predicted octanol–water partition coefficient (Wildman–Crippen LogP) is -2.06. The van der Waals surface area contributed by atoms with E-state index in [9.17, 15) is 9.90 Å². The first kappa shape index (κ1) is 7.50. The summed E-state index contributed by atoms with van der Waals surface area (Å²) in [5.41, 5.74) is 0. The molecule has 9 heavy (non-hydrogen) atoms. The van der Waals surface area contributed by atoms with E-state index in [2.05, 4.69) is 15.4 Å². The molecule has 0 amide bonds. The van der Waals surface area contributed by atoms with E-state index in [1.165, 1.54) is 0 Å². The predicted molar refractivity (Wildman–Crippen MR) is 24.5 cm³/mol. The van der Waals surface area contributed by atoms with Gasteiger partial charge in [0.1, 0.15) is 5.97 Å². The fraction of sp³-hybridized carbons (Fsp3) is 0. The van der Waals surface area contributed by atoms with Crippen LogP contribution >= 0.6 is 0 Å². The number of aromatic carboxylic acids is 1. The summed E-state index contributed by atoms with van der Waals surface area (Å²) in [6, 6.07) is 0. The largest absolute Gasteiger partial charge is 0.541 e.